The zero-order valence-corrected chi connectivity index (χ0v) is 13.9. The summed E-state index contributed by atoms with van der Waals surface area (Å²) in [4.78, 5) is 23.2. The summed E-state index contributed by atoms with van der Waals surface area (Å²) >= 11 is 0. The molecule has 1 aromatic rings. The highest BCUT2D eigenvalue weighted by Gasteiger charge is 2.13. The number of esters is 1. The Hall–Kier alpha value is -2.04. The van der Waals surface area contributed by atoms with Crippen LogP contribution in [0.15, 0.2) is 18.2 Å². The first-order valence-electron chi connectivity index (χ1n) is 7.45. The van der Waals surface area contributed by atoms with Gasteiger partial charge in [0.05, 0.1) is 0 Å². The molecule has 1 atom stereocenters. The molecule has 1 N–H and O–H groups in total. The van der Waals surface area contributed by atoms with E-state index >= 15 is 0 Å². The quantitative estimate of drug-likeness (QED) is 0.786. The number of benzene rings is 1. The maximum absolute atomic E-state index is 11.6. The van der Waals surface area contributed by atoms with E-state index < -0.39 is 5.97 Å². The molecule has 5 heteroatoms. The van der Waals surface area contributed by atoms with Crippen molar-refractivity contribution in [3.05, 3.63) is 29.3 Å². The number of carbonyl (C=O) groups excluding carboxylic acids is 2. The number of amides is 1. The van der Waals surface area contributed by atoms with Gasteiger partial charge in [-0.15, -0.1) is 0 Å². The number of nitrogens with one attached hydrogen (secondary N) is 1. The van der Waals surface area contributed by atoms with Crippen LogP contribution in [-0.2, 0) is 14.3 Å². The molecular weight excluding hydrogens is 282 g/mol. The highest BCUT2D eigenvalue weighted by molar-refractivity contribution is 5.81. The Balaban J connectivity index is 2.35. The lowest BCUT2D eigenvalue weighted by atomic mass is 10.1. The van der Waals surface area contributed by atoms with Crippen LogP contribution in [0.1, 0.15) is 31.9 Å². The number of carbonyl (C=O) groups is 2. The van der Waals surface area contributed by atoms with Gasteiger partial charge in [-0.25, -0.2) is 4.79 Å². The molecule has 0 spiro atoms. The lowest BCUT2D eigenvalue weighted by Gasteiger charge is -2.17. The Labute approximate surface area is 132 Å². The summed E-state index contributed by atoms with van der Waals surface area (Å²) in [6, 6.07) is 5.68. The van der Waals surface area contributed by atoms with Crippen molar-refractivity contribution in [1.29, 1.82) is 0 Å². The van der Waals surface area contributed by atoms with E-state index in [1.807, 2.05) is 46.8 Å². The molecule has 1 rings (SSSR count). The molecule has 22 heavy (non-hydrogen) atoms. The zero-order chi connectivity index (χ0) is 16.7. The molecule has 0 aliphatic carbocycles. The Kier molecular flexibility index (Phi) is 6.89. The largest absolute Gasteiger partial charge is 0.482 e. The smallest absolute Gasteiger partial charge is 0.344 e. The van der Waals surface area contributed by atoms with E-state index in [0.29, 0.717) is 11.7 Å². The highest BCUT2D eigenvalue weighted by atomic mass is 16.6. The maximum Gasteiger partial charge on any atom is 0.344 e. The van der Waals surface area contributed by atoms with Gasteiger partial charge in [0, 0.05) is 6.04 Å². The first-order chi connectivity index (χ1) is 10.3. The normalized spacial score (nSPS) is 11.9. The van der Waals surface area contributed by atoms with E-state index in [1.54, 1.807) is 6.07 Å². The molecule has 0 saturated carbocycles. The summed E-state index contributed by atoms with van der Waals surface area (Å²) in [5, 5.41) is 2.77. The summed E-state index contributed by atoms with van der Waals surface area (Å²) in [5.74, 6) is 0.108. The lowest BCUT2D eigenvalue weighted by molar-refractivity contribution is -0.150. The predicted octanol–water partition coefficient (Wildman–Crippen LogP) is 2.39. The molecular formula is C17H25NO4. The Bertz CT molecular complexity index is 525. The fraction of sp³-hybridized carbons (Fsp3) is 0.529. The summed E-state index contributed by atoms with van der Waals surface area (Å²) in [7, 11) is 0. The summed E-state index contributed by atoms with van der Waals surface area (Å²) in [5.41, 5.74) is 2.08. The third-order valence-corrected chi connectivity index (χ3v) is 3.65. The van der Waals surface area contributed by atoms with E-state index in [2.05, 4.69) is 5.32 Å². The Morgan fingerprint density at radius 3 is 2.45 bits per heavy atom. The van der Waals surface area contributed by atoms with Gasteiger partial charge in [-0.05, 0) is 43.9 Å². The van der Waals surface area contributed by atoms with Gasteiger partial charge in [-0.2, -0.15) is 0 Å². The maximum atomic E-state index is 11.6. The van der Waals surface area contributed by atoms with Crippen molar-refractivity contribution in [2.45, 2.75) is 40.7 Å². The SMILES string of the molecule is Cc1cccc(OCC(=O)OCC(=O)N[C@H](C)C(C)C)c1C. The van der Waals surface area contributed by atoms with Crippen LogP contribution in [0.2, 0.25) is 0 Å². The van der Waals surface area contributed by atoms with Gasteiger partial charge in [0.25, 0.3) is 5.91 Å². The summed E-state index contributed by atoms with van der Waals surface area (Å²) in [6.45, 7) is 9.33. The molecule has 0 saturated heterocycles. The van der Waals surface area contributed by atoms with Gasteiger partial charge < -0.3 is 14.8 Å². The molecule has 0 aliphatic rings. The van der Waals surface area contributed by atoms with Crippen molar-refractivity contribution in [3.63, 3.8) is 0 Å². The summed E-state index contributed by atoms with van der Waals surface area (Å²) < 4.78 is 10.3. The average molecular weight is 307 g/mol. The molecule has 0 aromatic heterocycles. The fourth-order valence-corrected chi connectivity index (χ4v) is 1.67. The van der Waals surface area contributed by atoms with Crippen molar-refractivity contribution < 1.29 is 19.1 Å². The van der Waals surface area contributed by atoms with Crippen molar-refractivity contribution >= 4 is 11.9 Å². The molecule has 1 amide bonds. The van der Waals surface area contributed by atoms with E-state index in [1.165, 1.54) is 0 Å². The molecule has 0 fully saturated rings. The van der Waals surface area contributed by atoms with Crippen LogP contribution in [0.4, 0.5) is 0 Å². The second-order valence-corrected chi connectivity index (χ2v) is 5.75. The van der Waals surface area contributed by atoms with E-state index in [4.69, 9.17) is 9.47 Å². The first-order valence-corrected chi connectivity index (χ1v) is 7.45. The summed E-state index contributed by atoms with van der Waals surface area (Å²) in [6.07, 6.45) is 0. The lowest BCUT2D eigenvalue weighted by Crippen LogP contribution is -2.39. The van der Waals surface area contributed by atoms with Gasteiger partial charge in [-0.3, -0.25) is 4.79 Å². The molecule has 0 bridgehead atoms. The standard InChI is InChI=1S/C17H25NO4/c1-11(2)14(5)18-16(19)9-22-17(20)10-21-15-8-6-7-12(3)13(15)4/h6-8,11,14H,9-10H2,1-5H3,(H,18,19)/t14-/m1/s1. The monoisotopic (exact) mass is 307 g/mol. The van der Waals surface area contributed by atoms with Crippen LogP contribution in [0.5, 0.6) is 5.75 Å². The van der Waals surface area contributed by atoms with Crippen LogP contribution in [0.25, 0.3) is 0 Å². The number of rotatable bonds is 7. The van der Waals surface area contributed by atoms with Crippen LogP contribution in [0, 0.1) is 19.8 Å². The molecule has 122 valence electrons. The van der Waals surface area contributed by atoms with Crippen molar-refractivity contribution in [1.82, 2.24) is 5.32 Å². The van der Waals surface area contributed by atoms with Gasteiger partial charge in [-0.1, -0.05) is 26.0 Å². The van der Waals surface area contributed by atoms with E-state index in [9.17, 15) is 9.59 Å². The van der Waals surface area contributed by atoms with E-state index in [-0.39, 0.29) is 25.2 Å². The second-order valence-electron chi connectivity index (χ2n) is 5.75. The topological polar surface area (TPSA) is 64.6 Å². The van der Waals surface area contributed by atoms with Crippen LogP contribution < -0.4 is 10.1 Å². The van der Waals surface area contributed by atoms with Gasteiger partial charge >= 0.3 is 5.97 Å². The third-order valence-electron chi connectivity index (χ3n) is 3.65. The van der Waals surface area contributed by atoms with Crippen LogP contribution in [0.3, 0.4) is 0 Å². The third kappa shape index (κ3) is 5.76. The number of hydrogen-bond donors (Lipinski definition) is 1. The van der Waals surface area contributed by atoms with Gasteiger partial charge in [0.15, 0.2) is 13.2 Å². The highest BCUT2D eigenvalue weighted by Crippen LogP contribution is 2.20. The number of aryl methyl sites for hydroxylation is 1. The average Bonchev–Trinajstić information content (AvgIpc) is 2.46. The van der Waals surface area contributed by atoms with Gasteiger partial charge in [0.1, 0.15) is 5.75 Å². The predicted molar refractivity (Wildman–Crippen MR) is 84.8 cm³/mol. The van der Waals surface area contributed by atoms with Gasteiger partial charge in [0.2, 0.25) is 0 Å². The Morgan fingerprint density at radius 1 is 1.14 bits per heavy atom. The molecule has 0 unspecified atom stereocenters. The molecule has 5 nitrogen and oxygen atoms in total. The van der Waals surface area contributed by atoms with Crippen LogP contribution in [-0.4, -0.2) is 31.1 Å². The Morgan fingerprint density at radius 2 is 1.82 bits per heavy atom. The molecule has 0 aliphatic heterocycles. The second kappa shape index (κ2) is 8.41. The number of ether oxygens (including phenoxy) is 2. The van der Waals surface area contributed by atoms with Crippen molar-refractivity contribution in [3.8, 4) is 5.75 Å². The minimum absolute atomic E-state index is 0.0393. The fourth-order valence-electron chi connectivity index (χ4n) is 1.67. The minimum Gasteiger partial charge on any atom is -0.482 e. The molecule has 0 radical (unpaired) electrons. The van der Waals surface area contributed by atoms with E-state index in [0.717, 1.165) is 11.1 Å². The first kappa shape index (κ1) is 18.0. The molecule has 1 aromatic carbocycles. The number of hydrogen-bond acceptors (Lipinski definition) is 4. The minimum atomic E-state index is -0.562. The van der Waals surface area contributed by atoms with Crippen molar-refractivity contribution in [2.75, 3.05) is 13.2 Å². The van der Waals surface area contributed by atoms with Crippen LogP contribution >= 0.6 is 0 Å². The zero-order valence-electron chi connectivity index (χ0n) is 13.9. The van der Waals surface area contributed by atoms with Crippen molar-refractivity contribution in [2.24, 2.45) is 5.92 Å². The molecule has 0 heterocycles.